The molecule has 1 fully saturated rings. The summed E-state index contributed by atoms with van der Waals surface area (Å²) in [6, 6.07) is 67.1. The van der Waals surface area contributed by atoms with Crippen molar-refractivity contribution >= 4 is 137 Å². The molecule has 0 aromatic heterocycles. The van der Waals surface area contributed by atoms with Gasteiger partial charge in [-0.3, -0.25) is 4.21 Å². The van der Waals surface area contributed by atoms with Gasteiger partial charge in [-0.1, -0.05) is 212 Å². The van der Waals surface area contributed by atoms with Crippen LogP contribution in [0.2, 0.25) is 0 Å². The van der Waals surface area contributed by atoms with E-state index in [9.17, 15) is 72.2 Å². The molecular weight excluding hydrogens is 1750 g/mol. The van der Waals surface area contributed by atoms with E-state index in [1.54, 1.807) is 0 Å². The van der Waals surface area contributed by atoms with Gasteiger partial charge in [-0.15, -0.1) is 11.6 Å². The normalized spacial score (nSPS) is 13.0. The van der Waals surface area contributed by atoms with Crippen LogP contribution in [0, 0.1) is 0 Å². The van der Waals surface area contributed by atoms with E-state index in [0.29, 0.717) is 64.6 Å². The molecule has 1 aliphatic heterocycles. The van der Waals surface area contributed by atoms with Crippen molar-refractivity contribution in [3.63, 3.8) is 0 Å². The first-order chi connectivity index (χ1) is 51.9. The van der Waals surface area contributed by atoms with Crippen LogP contribution in [-0.4, -0.2) is 206 Å². The van der Waals surface area contributed by atoms with E-state index >= 15 is 0 Å². The van der Waals surface area contributed by atoms with Gasteiger partial charge in [0.1, 0.15) is 26.4 Å². The zero-order valence-electron chi connectivity index (χ0n) is 62.6. The van der Waals surface area contributed by atoms with Crippen molar-refractivity contribution in [3.05, 3.63) is 251 Å². The zero-order chi connectivity index (χ0) is 84.0. The van der Waals surface area contributed by atoms with Crippen LogP contribution >= 0.6 is 43.6 Å². The van der Waals surface area contributed by atoms with Crippen LogP contribution in [0.1, 0.15) is 38.9 Å². The SMILES string of the molecule is C=S1(=O)CCOCN1.CS(=O)(=O)CCOCc1ccccc1.CS(=O)(=O)CCOCc1ccccc1.ClCc1ccccc1.N.NS(=O)(=O)CCO.NS(=O)(=O)CCOCc1ccccc1.O=S(=O)(Cl)CCOCc1ccccc1.O=S(=O)([O-])CCOCc1ccccc1.O=S(=O)([O-])CCOCc1ccccc1.O=S(Cl)Cl.[Na+]. The molecule has 636 valence electrons. The first kappa shape index (κ1) is 115. The fourth-order valence-electron chi connectivity index (χ4n) is 6.84. The molecule has 0 spiro atoms. The summed E-state index contributed by atoms with van der Waals surface area (Å²) in [6.45, 7) is 3.62. The molecule has 0 radical (unpaired) electrons. The van der Waals surface area contributed by atoms with Crippen molar-refractivity contribution in [2.45, 2.75) is 45.5 Å². The van der Waals surface area contributed by atoms with E-state index in [-0.39, 0.29) is 104 Å². The number of nitrogens with one attached hydrogen (secondary N) is 1. The summed E-state index contributed by atoms with van der Waals surface area (Å²) in [5.41, 5.74) is 7.23. The molecular formula is C69H100Cl4N4NaO26S9-. The van der Waals surface area contributed by atoms with Gasteiger partial charge in [0.15, 0.2) is 0 Å². The number of aliphatic hydroxyl groups is 1. The van der Waals surface area contributed by atoms with Crippen molar-refractivity contribution in [2.75, 3.05) is 118 Å². The Labute approximate surface area is 710 Å². The van der Waals surface area contributed by atoms with Gasteiger partial charge in [0.2, 0.25) is 38.3 Å². The second-order valence-corrected chi connectivity index (χ2v) is 41.3. The van der Waals surface area contributed by atoms with Gasteiger partial charge in [0, 0.05) is 60.1 Å². The predicted molar refractivity (Wildman–Crippen MR) is 443 cm³/mol. The third-order valence-corrected chi connectivity index (χ3v) is 19.7. The van der Waals surface area contributed by atoms with Crippen molar-refractivity contribution < 1.29 is 144 Å². The van der Waals surface area contributed by atoms with Gasteiger partial charge >= 0.3 is 29.6 Å². The molecule has 0 bridgehead atoms. The van der Waals surface area contributed by atoms with Gasteiger partial charge < -0.3 is 53.5 Å². The minimum Gasteiger partial charge on any atom is -0.748 e. The van der Waals surface area contributed by atoms with Crippen LogP contribution < -0.4 is 50.7 Å². The summed E-state index contributed by atoms with van der Waals surface area (Å²) in [7, 11) is -14.0. The molecule has 44 heteroatoms. The fraction of sp³-hybridized carbons (Fsp3) is 0.377. The van der Waals surface area contributed by atoms with E-state index in [1.807, 2.05) is 212 Å². The fourth-order valence-corrected chi connectivity index (χ4v) is 10.4. The molecule has 1 heterocycles. The molecule has 30 nitrogen and oxygen atoms in total. The predicted octanol–water partition coefficient (Wildman–Crippen LogP) is 4.35. The summed E-state index contributed by atoms with van der Waals surface area (Å²) < 4.78 is 224. The Bertz CT molecular complexity index is 3900. The number of ether oxygens (including phenoxy) is 7. The number of sulfonamides is 2. The number of primary sulfonamides is 2. The van der Waals surface area contributed by atoms with Crippen molar-refractivity contribution in [2.24, 2.45) is 10.3 Å². The maximum absolute atomic E-state index is 10.9. The van der Waals surface area contributed by atoms with E-state index in [0.717, 1.165) is 33.4 Å². The van der Waals surface area contributed by atoms with E-state index < -0.39 is 106 Å². The number of alkyl halides is 1. The first-order valence-electron chi connectivity index (χ1n) is 32.4. The Morgan fingerprint density at radius 3 is 0.814 bits per heavy atom. The molecule has 1 atom stereocenters. The van der Waals surface area contributed by atoms with Gasteiger partial charge in [-0.2, -0.15) is 0 Å². The topological polar surface area (TPSA) is 503 Å². The van der Waals surface area contributed by atoms with Gasteiger partial charge in [-0.25, -0.2) is 78.1 Å². The summed E-state index contributed by atoms with van der Waals surface area (Å²) >= 11 is 5.53. The Hall–Kier alpha value is -4.04. The molecule has 7 aromatic carbocycles. The standard InChI is InChI=1S/2C10H14O3S.C9H11ClO3S.C9H13NO3S.2C9H12O4S.C7H7Cl.C4H9NO2S.C2H7NO3S.Cl2OS.H3N.Na/c2*1-14(11,12)8-7-13-9-10-5-3-2-4-6-10;4*10-14(11,12)7-6-13-8-9-4-2-1-3-5-9;8-6-7-4-2-1-3-5-7;1-8(6)3-2-7-4-5-8;3-7(5,6)2-1-4;1-4(2)3;;/h2*2-6H,7-9H2,1H3;1-5H,6-8H2;1-5H,6-8H2,(H2,10,11,12);2*1-5H,6-8H2,(H,10,11,12);1-5H,6H2;1-4H2,(H,5,6);4H,1-2H2,(H2,3,5,6);;1H3;/q;;;;;;;;;;;+1/p-2. The Morgan fingerprint density at radius 1 is 0.442 bits per heavy atom. The van der Waals surface area contributed by atoms with Crippen molar-refractivity contribution in [1.82, 2.24) is 10.9 Å². The Balaban J connectivity index is -0.000000591. The number of nitrogens with two attached hydrogens (primary N) is 2. The number of aliphatic hydroxyl groups excluding tert-OH is 1. The Morgan fingerprint density at radius 2 is 0.664 bits per heavy atom. The summed E-state index contributed by atoms with van der Waals surface area (Å²) in [6.07, 6.45) is 2.41. The quantitative estimate of drug-likeness (QED) is 0.00953. The van der Waals surface area contributed by atoms with Gasteiger partial charge in [-0.05, 0) is 44.8 Å². The van der Waals surface area contributed by atoms with Gasteiger partial charge in [0.25, 0.3) is 0 Å². The third-order valence-electron chi connectivity index (χ3n) is 12.2. The molecule has 0 saturated carbocycles. The molecule has 1 aliphatic rings. The molecule has 7 aromatic rings. The van der Waals surface area contributed by atoms with Crippen LogP contribution in [0.25, 0.3) is 0 Å². The van der Waals surface area contributed by atoms with Gasteiger partial charge in [0.05, 0.1) is 159 Å². The monoisotopic (exact) mass is 1850 g/mol. The third kappa shape index (κ3) is 90.1. The maximum Gasteiger partial charge on any atom is 1.00 e. The Kier molecular flexibility index (Phi) is 69.2. The van der Waals surface area contributed by atoms with Crippen molar-refractivity contribution in [1.29, 1.82) is 0 Å². The van der Waals surface area contributed by atoms with E-state index in [1.165, 1.54) is 18.1 Å². The molecule has 113 heavy (non-hydrogen) atoms. The molecule has 0 aliphatic carbocycles. The zero-order valence-corrected chi connectivity index (χ0v) is 75.0. The number of benzene rings is 7. The summed E-state index contributed by atoms with van der Waals surface area (Å²) in [5, 5.41) is 17.2. The van der Waals surface area contributed by atoms with E-state index in [4.69, 9.17) is 69.9 Å². The average molecular weight is 1850 g/mol. The maximum atomic E-state index is 10.9. The van der Waals surface area contributed by atoms with Crippen LogP contribution in [0.5, 0.6) is 0 Å². The smallest absolute Gasteiger partial charge is 0.748 e. The number of rotatable bonds is 33. The van der Waals surface area contributed by atoms with E-state index in [2.05, 4.69) is 37.1 Å². The second-order valence-electron chi connectivity index (χ2n) is 22.2. The summed E-state index contributed by atoms with van der Waals surface area (Å²) in [5.74, 6) is 3.19. The second kappa shape index (κ2) is 67.8. The van der Waals surface area contributed by atoms with Crippen LogP contribution in [0.3, 0.4) is 0 Å². The molecule has 9 N–H and O–H groups in total. The molecule has 0 amide bonds. The molecule has 8 rings (SSSR count). The minimum absolute atomic E-state index is 0. The number of hydrogen-bond donors (Lipinski definition) is 5. The largest absolute Gasteiger partial charge is 1.00 e. The average Bonchev–Trinajstić information content (AvgIpc) is 0.913. The summed E-state index contributed by atoms with van der Waals surface area (Å²) in [4.78, 5) is 0. The van der Waals surface area contributed by atoms with Crippen LogP contribution in [0.4, 0.5) is 0 Å². The number of hydrogen-bond acceptors (Lipinski definition) is 27. The number of halogens is 4. The minimum atomic E-state index is -4.15. The first-order valence-corrected chi connectivity index (χ1v) is 50.8. The molecule has 1 unspecified atom stereocenters. The van der Waals surface area contributed by atoms with Crippen LogP contribution in [0.15, 0.2) is 212 Å². The van der Waals surface area contributed by atoms with Crippen molar-refractivity contribution in [3.8, 4) is 0 Å². The molecule has 1 saturated heterocycles. The number of sulfone groups is 2. The van der Waals surface area contributed by atoms with Crippen LogP contribution in [-0.2, 0) is 167 Å².